The first-order valence-electron chi connectivity index (χ1n) is 8.60. The molecule has 0 spiro atoms. The van der Waals surface area contributed by atoms with Crippen molar-refractivity contribution in [1.29, 1.82) is 0 Å². The van der Waals surface area contributed by atoms with Gasteiger partial charge in [0.25, 0.3) is 0 Å². The average molecular weight is 313 g/mol. The van der Waals surface area contributed by atoms with E-state index in [1.807, 2.05) is 12.1 Å². The fourth-order valence-electron chi connectivity index (χ4n) is 3.63. The number of nitrogens with one attached hydrogen (secondary N) is 1. The van der Waals surface area contributed by atoms with Crippen LogP contribution in [0, 0.1) is 0 Å². The van der Waals surface area contributed by atoms with E-state index in [0.717, 1.165) is 74.5 Å². The lowest BCUT2D eigenvalue weighted by atomic mass is 10.1. The number of hydrogen-bond acceptors (Lipinski definition) is 5. The number of fused-ring (bicyclic) bond motifs is 1. The van der Waals surface area contributed by atoms with Gasteiger partial charge in [-0.2, -0.15) is 0 Å². The van der Waals surface area contributed by atoms with E-state index in [2.05, 4.69) is 27.2 Å². The number of benzene rings is 1. The Morgan fingerprint density at radius 1 is 0.913 bits per heavy atom. The number of piperazine rings is 1. The number of para-hydroxylation sites is 1. The SMILES string of the molecule is O=c1oc2c(N3CCNCC3)cccc2cc1N1CCCCC1. The van der Waals surface area contributed by atoms with Crippen LogP contribution in [-0.2, 0) is 0 Å². The molecule has 23 heavy (non-hydrogen) atoms. The summed E-state index contributed by atoms with van der Waals surface area (Å²) in [5, 5.41) is 4.37. The van der Waals surface area contributed by atoms with E-state index >= 15 is 0 Å². The van der Waals surface area contributed by atoms with Crippen LogP contribution in [0.2, 0.25) is 0 Å². The molecule has 2 aromatic rings. The lowest BCUT2D eigenvalue weighted by Gasteiger charge is -2.30. The Bertz CT molecular complexity index is 744. The normalized spacial score (nSPS) is 19.3. The molecule has 1 aromatic heterocycles. The molecule has 0 unspecified atom stereocenters. The number of piperidine rings is 1. The van der Waals surface area contributed by atoms with E-state index in [9.17, 15) is 4.79 Å². The molecule has 1 N–H and O–H groups in total. The Balaban J connectivity index is 1.76. The Morgan fingerprint density at radius 3 is 2.43 bits per heavy atom. The Labute approximate surface area is 135 Å². The highest BCUT2D eigenvalue weighted by Crippen LogP contribution is 2.29. The van der Waals surface area contributed by atoms with Crippen LogP contribution in [0.15, 0.2) is 33.5 Å². The molecular formula is C18H23N3O2. The van der Waals surface area contributed by atoms with Crippen LogP contribution < -0.4 is 20.7 Å². The molecule has 0 amide bonds. The topological polar surface area (TPSA) is 48.7 Å². The standard InChI is InChI=1S/C18H23N3O2/c22-18-16(20-9-2-1-3-10-20)13-14-5-4-6-15(17(14)23-18)21-11-7-19-8-12-21/h4-6,13,19H,1-3,7-12H2. The molecular weight excluding hydrogens is 290 g/mol. The summed E-state index contributed by atoms with van der Waals surface area (Å²) in [6, 6.07) is 8.16. The van der Waals surface area contributed by atoms with Gasteiger partial charge in [0, 0.05) is 44.7 Å². The molecule has 4 rings (SSSR count). The summed E-state index contributed by atoms with van der Waals surface area (Å²) in [7, 11) is 0. The van der Waals surface area contributed by atoms with Crippen LogP contribution in [0.5, 0.6) is 0 Å². The maximum absolute atomic E-state index is 12.5. The predicted octanol–water partition coefficient (Wildman–Crippen LogP) is 2.19. The van der Waals surface area contributed by atoms with Crippen molar-refractivity contribution in [3.05, 3.63) is 34.7 Å². The number of anilines is 2. The molecule has 2 aliphatic rings. The minimum Gasteiger partial charge on any atom is -0.419 e. The second-order valence-electron chi connectivity index (χ2n) is 6.40. The zero-order valence-electron chi connectivity index (χ0n) is 13.4. The summed E-state index contributed by atoms with van der Waals surface area (Å²) in [4.78, 5) is 17.0. The van der Waals surface area contributed by atoms with Gasteiger partial charge in [-0.15, -0.1) is 0 Å². The van der Waals surface area contributed by atoms with Crippen molar-refractivity contribution in [3.63, 3.8) is 0 Å². The number of nitrogens with zero attached hydrogens (tertiary/aromatic N) is 2. The highest BCUT2D eigenvalue weighted by Gasteiger charge is 2.19. The summed E-state index contributed by atoms with van der Waals surface area (Å²) >= 11 is 0. The molecule has 2 saturated heterocycles. The minimum atomic E-state index is -0.206. The Kier molecular flexibility index (Phi) is 3.95. The largest absolute Gasteiger partial charge is 0.419 e. The highest BCUT2D eigenvalue weighted by molar-refractivity contribution is 5.90. The third-order valence-electron chi connectivity index (χ3n) is 4.88. The molecule has 5 heteroatoms. The monoisotopic (exact) mass is 313 g/mol. The molecule has 0 radical (unpaired) electrons. The Hall–Kier alpha value is -2.01. The van der Waals surface area contributed by atoms with Gasteiger partial charge in [0.1, 0.15) is 5.69 Å². The molecule has 2 aliphatic heterocycles. The average Bonchev–Trinajstić information content (AvgIpc) is 2.62. The van der Waals surface area contributed by atoms with Gasteiger partial charge in [0.15, 0.2) is 5.58 Å². The van der Waals surface area contributed by atoms with Crippen LogP contribution in [0.25, 0.3) is 11.0 Å². The van der Waals surface area contributed by atoms with E-state index in [1.165, 1.54) is 6.42 Å². The molecule has 0 bridgehead atoms. The molecule has 2 fully saturated rings. The van der Waals surface area contributed by atoms with E-state index in [-0.39, 0.29) is 5.63 Å². The van der Waals surface area contributed by atoms with Crippen LogP contribution in [0.3, 0.4) is 0 Å². The van der Waals surface area contributed by atoms with E-state index < -0.39 is 0 Å². The van der Waals surface area contributed by atoms with Gasteiger partial charge in [-0.25, -0.2) is 4.79 Å². The van der Waals surface area contributed by atoms with Crippen LogP contribution >= 0.6 is 0 Å². The third kappa shape index (κ3) is 2.81. The van der Waals surface area contributed by atoms with Crippen LogP contribution in [-0.4, -0.2) is 39.3 Å². The highest BCUT2D eigenvalue weighted by atomic mass is 16.4. The van der Waals surface area contributed by atoms with Gasteiger partial charge in [-0.05, 0) is 31.4 Å². The maximum Gasteiger partial charge on any atom is 0.360 e. The van der Waals surface area contributed by atoms with Crippen LogP contribution in [0.1, 0.15) is 19.3 Å². The van der Waals surface area contributed by atoms with Gasteiger partial charge in [-0.3, -0.25) is 0 Å². The molecule has 0 atom stereocenters. The van der Waals surface area contributed by atoms with Crippen molar-refractivity contribution in [1.82, 2.24) is 5.32 Å². The first kappa shape index (κ1) is 14.6. The molecule has 122 valence electrons. The van der Waals surface area contributed by atoms with E-state index in [4.69, 9.17) is 4.42 Å². The summed E-state index contributed by atoms with van der Waals surface area (Å²) in [5.74, 6) is 0. The van der Waals surface area contributed by atoms with Gasteiger partial charge < -0.3 is 19.5 Å². The van der Waals surface area contributed by atoms with Crippen molar-refractivity contribution in [2.75, 3.05) is 49.1 Å². The van der Waals surface area contributed by atoms with Crippen molar-refractivity contribution in [3.8, 4) is 0 Å². The third-order valence-corrected chi connectivity index (χ3v) is 4.88. The zero-order valence-corrected chi connectivity index (χ0v) is 13.4. The maximum atomic E-state index is 12.5. The van der Waals surface area contributed by atoms with Gasteiger partial charge in [-0.1, -0.05) is 12.1 Å². The van der Waals surface area contributed by atoms with Crippen molar-refractivity contribution in [2.45, 2.75) is 19.3 Å². The summed E-state index contributed by atoms with van der Waals surface area (Å²) in [5.41, 5.74) is 2.27. The van der Waals surface area contributed by atoms with Crippen molar-refractivity contribution >= 4 is 22.3 Å². The van der Waals surface area contributed by atoms with E-state index in [1.54, 1.807) is 0 Å². The van der Waals surface area contributed by atoms with Crippen molar-refractivity contribution < 1.29 is 4.42 Å². The summed E-state index contributed by atoms with van der Waals surface area (Å²) < 4.78 is 5.77. The first-order chi connectivity index (χ1) is 11.3. The smallest absolute Gasteiger partial charge is 0.360 e. The van der Waals surface area contributed by atoms with Gasteiger partial charge in [0.05, 0.1) is 5.69 Å². The first-order valence-corrected chi connectivity index (χ1v) is 8.60. The second kappa shape index (κ2) is 6.24. The predicted molar refractivity (Wildman–Crippen MR) is 93.6 cm³/mol. The summed E-state index contributed by atoms with van der Waals surface area (Å²) in [6.45, 7) is 5.72. The number of rotatable bonds is 2. The fraction of sp³-hybridized carbons (Fsp3) is 0.500. The molecule has 0 aliphatic carbocycles. The zero-order chi connectivity index (χ0) is 15.6. The summed E-state index contributed by atoms with van der Waals surface area (Å²) in [6.07, 6.45) is 3.55. The quantitative estimate of drug-likeness (QED) is 0.861. The lowest BCUT2D eigenvalue weighted by Crippen LogP contribution is -2.43. The molecule has 1 aromatic carbocycles. The fourth-order valence-corrected chi connectivity index (χ4v) is 3.63. The molecule has 0 saturated carbocycles. The molecule has 5 nitrogen and oxygen atoms in total. The van der Waals surface area contributed by atoms with Gasteiger partial charge in [0.2, 0.25) is 0 Å². The molecule has 3 heterocycles. The number of hydrogen-bond donors (Lipinski definition) is 1. The Morgan fingerprint density at radius 2 is 1.65 bits per heavy atom. The lowest BCUT2D eigenvalue weighted by molar-refractivity contribution is 0.533. The van der Waals surface area contributed by atoms with E-state index in [0.29, 0.717) is 0 Å². The van der Waals surface area contributed by atoms with Crippen molar-refractivity contribution in [2.24, 2.45) is 0 Å². The van der Waals surface area contributed by atoms with Crippen LogP contribution in [0.4, 0.5) is 11.4 Å². The second-order valence-corrected chi connectivity index (χ2v) is 6.40. The minimum absolute atomic E-state index is 0.206. The van der Waals surface area contributed by atoms with Gasteiger partial charge >= 0.3 is 5.63 Å².